The summed E-state index contributed by atoms with van der Waals surface area (Å²) in [5, 5.41) is 7.78. The molecule has 1 fully saturated rings. The highest BCUT2D eigenvalue weighted by Gasteiger charge is 2.60. The number of pyridine rings is 1. The van der Waals surface area contributed by atoms with E-state index in [1.54, 1.807) is 35.5 Å². The van der Waals surface area contributed by atoms with Gasteiger partial charge in [0.2, 0.25) is 0 Å². The van der Waals surface area contributed by atoms with Gasteiger partial charge in [0.25, 0.3) is 0 Å². The normalized spacial score (nSPS) is 16.4. The number of benzene rings is 2. The van der Waals surface area contributed by atoms with Crippen molar-refractivity contribution in [1.82, 2.24) is 14.8 Å². The standard InChI is InChI=1S/C27H24F3N5O2/c1-25(2,3)23-12-14-35(33-23)18-10-11-19(20(15-18)26(28,29)30)27(36-37-27)34-16-17-7-6-13-31-24(17)32-21-8-4-5-9-22(21)34/h4-15H,16H2,1-3H3,(H,31,32). The van der Waals surface area contributed by atoms with Crippen LogP contribution >= 0.6 is 0 Å². The molecule has 6 rings (SSSR count). The molecule has 2 aromatic carbocycles. The van der Waals surface area contributed by atoms with Gasteiger partial charge in [-0.05, 0) is 42.5 Å². The quantitative estimate of drug-likeness (QED) is 0.255. The number of nitrogens with one attached hydrogen (secondary N) is 1. The van der Waals surface area contributed by atoms with Gasteiger partial charge in [-0.1, -0.05) is 39.0 Å². The van der Waals surface area contributed by atoms with E-state index in [-0.39, 0.29) is 23.2 Å². The molecule has 0 saturated carbocycles. The third kappa shape index (κ3) is 4.02. The van der Waals surface area contributed by atoms with Crippen LogP contribution in [0.2, 0.25) is 0 Å². The number of fused-ring (bicyclic) bond motifs is 2. The minimum atomic E-state index is -4.67. The van der Waals surface area contributed by atoms with E-state index in [4.69, 9.17) is 9.78 Å². The molecular formula is C27H24F3N5O2. The number of alkyl halides is 3. The zero-order valence-corrected chi connectivity index (χ0v) is 20.4. The largest absolute Gasteiger partial charge is 0.417 e. The summed E-state index contributed by atoms with van der Waals surface area (Å²) in [5.74, 6) is -1.15. The second-order valence-electron chi connectivity index (χ2n) is 10.1. The lowest BCUT2D eigenvalue weighted by atomic mass is 9.93. The maximum atomic E-state index is 14.5. The van der Waals surface area contributed by atoms with E-state index < -0.39 is 17.7 Å². The highest BCUT2D eigenvalue weighted by molar-refractivity contribution is 5.78. The van der Waals surface area contributed by atoms with E-state index in [1.165, 1.54) is 10.7 Å². The third-order valence-electron chi connectivity index (χ3n) is 6.54. The number of para-hydroxylation sites is 2. The number of halogens is 3. The Morgan fingerprint density at radius 3 is 2.46 bits per heavy atom. The predicted octanol–water partition coefficient (Wildman–Crippen LogP) is 6.42. The molecule has 4 heterocycles. The minimum absolute atomic E-state index is 0.144. The fraction of sp³-hybridized carbons (Fsp3) is 0.259. The number of nitrogens with zero attached hydrogens (tertiary/aromatic N) is 4. The monoisotopic (exact) mass is 507 g/mol. The van der Waals surface area contributed by atoms with E-state index >= 15 is 0 Å². The van der Waals surface area contributed by atoms with Crippen LogP contribution in [0, 0.1) is 0 Å². The van der Waals surface area contributed by atoms with Crippen LogP contribution in [-0.4, -0.2) is 14.8 Å². The van der Waals surface area contributed by atoms with Crippen LogP contribution in [-0.2, 0) is 33.8 Å². The van der Waals surface area contributed by atoms with E-state index in [0.29, 0.717) is 17.2 Å². The van der Waals surface area contributed by atoms with Crippen LogP contribution in [0.3, 0.4) is 0 Å². The van der Waals surface area contributed by atoms with Gasteiger partial charge in [-0.25, -0.2) is 9.67 Å². The van der Waals surface area contributed by atoms with E-state index in [0.717, 1.165) is 17.3 Å². The topological polar surface area (TPSA) is 71.0 Å². The van der Waals surface area contributed by atoms with Gasteiger partial charge in [-0.15, -0.1) is 0 Å². The fourth-order valence-corrected chi connectivity index (χ4v) is 4.56. The summed E-state index contributed by atoms with van der Waals surface area (Å²) < 4.78 is 44.9. The van der Waals surface area contributed by atoms with Gasteiger partial charge >= 0.3 is 12.1 Å². The van der Waals surface area contributed by atoms with E-state index in [2.05, 4.69) is 15.4 Å². The molecule has 0 aliphatic carbocycles. The molecule has 0 bridgehead atoms. The number of hydrogen-bond acceptors (Lipinski definition) is 6. The van der Waals surface area contributed by atoms with Gasteiger partial charge < -0.3 is 10.2 Å². The fourth-order valence-electron chi connectivity index (χ4n) is 4.56. The Morgan fingerprint density at radius 2 is 1.76 bits per heavy atom. The molecule has 4 aromatic rings. The lowest BCUT2D eigenvalue weighted by Gasteiger charge is -2.29. The van der Waals surface area contributed by atoms with Gasteiger partial charge in [-0.2, -0.15) is 28.0 Å². The van der Waals surface area contributed by atoms with Gasteiger partial charge in [0, 0.05) is 23.4 Å². The summed E-state index contributed by atoms with van der Waals surface area (Å²) in [6.45, 7) is 6.20. The molecule has 7 nitrogen and oxygen atoms in total. The van der Waals surface area contributed by atoms with Crippen LogP contribution in [0.5, 0.6) is 0 Å². The van der Waals surface area contributed by atoms with Crippen LogP contribution in [0.15, 0.2) is 73.1 Å². The molecule has 10 heteroatoms. The second-order valence-corrected chi connectivity index (χ2v) is 10.1. The number of aromatic nitrogens is 3. The van der Waals surface area contributed by atoms with E-state index in [1.807, 2.05) is 51.1 Å². The van der Waals surface area contributed by atoms with Gasteiger partial charge in [0.1, 0.15) is 5.82 Å². The van der Waals surface area contributed by atoms with Crippen molar-refractivity contribution in [1.29, 1.82) is 0 Å². The molecule has 1 saturated heterocycles. The lowest BCUT2D eigenvalue weighted by molar-refractivity contribution is -0.139. The Labute approximate surface area is 211 Å². The van der Waals surface area contributed by atoms with Crippen molar-refractivity contribution in [3.8, 4) is 5.69 Å². The molecular weight excluding hydrogens is 483 g/mol. The Kier molecular flexibility index (Phi) is 5.12. The Morgan fingerprint density at radius 1 is 0.973 bits per heavy atom. The second kappa shape index (κ2) is 8.06. The minimum Gasteiger partial charge on any atom is -0.338 e. The molecule has 37 heavy (non-hydrogen) atoms. The first kappa shape index (κ1) is 23.5. The summed E-state index contributed by atoms with van der Waals surface area (Å²) in [6, 6.07) is 16.8. The highest BCUT2D eigenvalue weighted by Crippen LogP contribution is 2.53. The van der Waals surface area contributed by atoms with Crippen molar-refractivity contribution in [2.75, 3.05) is 10.2 Å². The molecule has 0 radical (unpaired) electrons. The van der Waals surface area contributed by atoms with Crippen LogP contribution in [0.4, 0.5) is 30.4 Å². The molecule has 2 aliphatic rings. The van der Waals surface area contributed by atoms with Crippen LogP contribution in [0.25, 0.3) is 5.69 Å². The van der Waals surface area contributed by atoms with Crippen molar-refractivity contribution >= 4 is 17.2 Å². The summed E-state index contributed by atoms with van der Waals surface area (Å²) in [7, 11) is 0. The Hall–Kier alpha value is -3.89. The molecule has 0 amide bonds. The predicted molar refractivity (Wildman–Crippen MR) is 131 cm³/mol. The zero-order valence-electron chi connectivity index (χ0n) is 20.4. The SMILES string of the molecule is CC(C)(C)c1ccn(-c2ccc(C3(N4Cc5cccnc5Nc5ccccc54)OO3)c(C(F)(F)F)c2)n1. The Bertz CT molecular complexity index is 1490. The third-order valence-corrected chi connectivity index (χ3v) is 6.54. The van der Waals surface area contributed by atoms with Crippen molar-refractivity contribution in [2.24, 2.45) is 0 Å². The Balaban J connectivity index is 1.48. The average Bonchev–Trinajstić information content (AvgIpc) is 3.53. The maximum Gasteiger partial charge on any atom is 0.417 e. The lowest BCUT2D eigenvalue weighted by Crippen LogP contribution is -2.37. The first-order valence-electron chi connectivity index (χ1n) is 11.8. The molecule has 190 valence electrons. The van der Waals surface area contributed by atoms with Crippen molar-refractivity contribution in [3.05, 3.63) is 95.4 Å². The number of hydrogen-bond donors (Lipinski definition) is 1. The van der Waals surface area contributed by atoms with E-state index in [9.17, 15) is 13.2 Å². The van der Waals surface area contributed by atoms with Crippen molar-refractivity contribution < 1.29 is 22.9 Å². The van der Waals surface area contributed by atoms with Crippen LogP contribution < -0.4 is 10.2 Å². The smallest absolute Gasteiger partial charge is 0.338 e. The summed E-state index contributed by atoms with van der Waals surface area (Å²) >= 11 is 0. The summed E-state index contributed by atoms with van der Waals surface area (Å²) in [5.41, 5.74) is 1.90. The average molecular weight is 508 g/mol. The molecule has 1 N–H and O–H groups in total. The highest BCUT2D eigenvalue weighted by atomic mass is 19.4. The zero-order chi connectivity index (χ0) is 26.0. The van der Waals surface area contributed by atoms with Gasteiger partial charge in [0.05, 0.1) is 40.4 Å². The molecule has 0 unspecified atom stereocenters. The number of anilines is 3. The van der Waals surface area contributed by atoms with Crippen molar-refractivity contribution in [2.45, 2.75) is 44.8 Å². The van der Waals surface area contributed by atoms with Crippen molar-refractivity contribution in [3.63, 3.8) is 0 Å². The molecule has 2 aliphatic heterocycles. The molecule has 0 spiro atoms. The molecule has 0 atom stereocenters. The first-order valence-corrected chi connectivity index (χ1v) is 11.8. The first-order chi connectivity index (χ1) is 17.6. The van der Waals surface area contributed by atoms with Crippen LogP contribution in [0.1, 0.15) is 43.2 Å². The molecule has 2 aromatic heterocycles. The summed E-state index contributed by atoms with van der Waals surface area (Å²) in [6.07, 6.45) is -1.35. The number of rotatable bonds is 3. The summed E-state index contributed by atoms with van der Waals surface area (Å²) in [4.78, 5) is 16.9. The van der Waals surface area contributed by atoms with Gasteiger partial charge in [0.15, 0.2) is 0 Å². The maximum absolute atomic E-state index is 14.5. The van der Waals surface area contributed by atoms with Gasteiger partial charge in [-0.3, -0.25) is 0 Å².